The molecule has 0 radical (unpaired) electrons. The van der Waals surface area contributed by atoms with Gasteiger partial charge in [-0.15, -0.1) is 0 Å². The van der Waals surface area contributed by atoms with Gasteiger partial charge in [0, 0.05) is 10.6 Å². The summed E-state index contributed by atoms with van der Waals surface area (Å²) in [5.74, 6) is -0.956. The number of benzene rings is 2. The van der Waals surface area contributed by atoms with Gasteiger partial charge in [-0.3, -0.25) is 14.6 Å². The van der Waals surface area contributed by atoms with Crippen LogP contribution in [-0.4, -0.2) is 39.0 Å². The Morgan fingerprint density at radius 1 is 1.10 bits per heavy atom. The molecule has 2 aliphatic heterocycles. The first kappa shape index (κ1) is 18.4. The number of aromatic nitrogens is 2. The first-order valence-electron chi connectivity index (χ1n) is 8.90. The number of carbonyl (C=O) groups excluding carboxylic acids is 2. The minimum absolute atomic E-state index is 0.00545. The fourth-order valence-electron chi connectivity index (χ4n) is 3.40. The van der Waals surface area contributed by atoms with Crippen LogP contribution in [0.1, 0.15) is 5.89 Å². The fourth-order valence-corrected chi connectivity index (χ4v) is 3.59. The zero-order chi connectivity index (χ0) is 20.8. The van der Waals surface area contributed by atoms with Gasteiger partial charge in [0.2, 0.25) is 11.7 Å². The summed E-state index contributed by atoms with van der Waals surface area (Å²) in [5.41, 5.74) is 0.949. The molecule has 5 rings (SSSR count). The molecule has 1 fully saturated rings. The number of rotatable bonds is 4. The molecule has 2 aromatic carbocycles. The molecule has 1 saturated heterocycles. The van der Waals surface area contributed by atoms with E-state index in [2.05, 4.69) is 20.5 Å². The smallest absolute Gasteiger partial charge is 0.263 e. The summed E-state index contributed by atoms with van der Waals surface area (Å²) in [6.45, 7) is -0.00545. The molecule has 150 valence electrons. The SMILES string of the molecule is O=C1[C@H]2N=NN(Cc3nc(-c4cccc(Cl)c4)no3)[C@@H]2C(=O)N1c1ccc(F)cc1. The minimum atomic E-state index is -0.974. The third kappa shape index (κ3) is 3.01. The standard InChI is InChI=1S/C19H12ClFN6O3/c20-11-3-1-2-10(8-11)17-22-14(30-24-17)9-26-16-15(23-25-26)18(28)27(19(16)29)13-6-4-12(21)5-7-13/h1-8,15-16H,9H2/t15-,16-/m0/s1. The zero-order valence-corrected chi connectivity index (χ0v) is 15.9. The van der Waals surface area contributed by atoms with Crippen LogP contribution in [0.3, 0.4) is 0 Å². The maximum Gasteiger partial charge on any atom is 0.263 e. The third-order valence-corrected chi connectivity index (χ3v) is 5.03. The molecule has 11 heteroatoms. The number of fused-ring (bicyclic) bond motifs is 1. The topological polar surface area (TPSA) is 104 Å². The number of nitrogens with zero attached hydrogens (tertiary/aromatic N) is 6. The van der Waals surface area contributed by atoms with Gasteiger partial charge in [0.15, 0.2) is 12.1 Å². The lowest BCUT2D eigenvalue weighted by atomic mass is 10.1. The number of imide groups is 1. The Hall–Kier alpha value is -3.66. The summed E-state index contributed by atoms with van der Waals surface area (Å²) in [4.78, 5) is 30.9. The maximum atomic E-state index is 13.2. The van der Waals surface area contributed by atoms with Crippen LogP contribution < -0.4 is 4.90 Å². The molecule has 2 aliphatic rings. The molecular weight excluding hydrogens is 415 g/mol. The number of carbonyl (C=O) groups is 2. The quantitative estimate of drug-likeness (QED) is 0.594. The second-order valence-corrected chi connectivity index (χ2v) is 7.14. The number of hydrogen-bond donors (Lipinski definition) is 0. The highest BCUT2D eigenvalue weighted by atomic mass is 35.5. The van der Waals surface area contributed by atoms with Crippen LogP contribution in [0.5, 0.6) is 0 Å². The third-order valence-electron chi connectivity index (χ3n) is 4.79. The van der Waals surface area contributed by atoms with Gasteiger partial charge in [-0.05, 0) is 36.4 Å². The van der Waals surface area contributed by atoms with Crippen molar-refractivity contribution >= 4 is 29.1 Å². The Morgan fingerprint density at radius 2 is 1.90 bits per heavy atom. The van der Waals surface area contributed by atoms with Crippen molar-refractivity contribution in [3.8, 4) is 11.4 Å². The van der Waals surface area contributed by atoms with E-state index >= 15 is 0 Å². The van der Waals surface area contributed by atoms with Crippen LogP contribution >= 0.6 is 11.6 Å². The van der Waals surface area contributed by atoms with Crippen LogP contribution in [0, 0.1) is 5.82 Å². The van der Waals surface area contributed by atoms with Crippen molar-refractivity contribution in [2.24, 2.45) is 10.3 Å². The van der Waals surface area contributed by atoms with Crippen LogP contribution in [0.25, 0.3) is 11.4 Å². The van der Waals surface area contributed by atoms with Gasteiger partial charge in [0.1, 0.15) is 12.4 Å². The second kappa shape index (κ2) is 6.99. The molecule has 2 amide bonds. The van der Waals surface area contributed by atoms with E-state index < -0.39 is 29.7 Å². The second-order valence-electron chi connectivity index (χ2n) is 6.70. The van der Waals surface area contributed by atoms with E-state index in [1.165, 1.54) is 29.3 Å². The predicted molar refractivity (Wildman–Crippen MR) is 102 cm³/mol. The van der Waals surface area contributed by atoms with E-state index in [4.69, 9.17) is 16.1 Å². The molecule has 1 aromatic heterocycles. The van der Waals surface area contributed by atoms with Crippen LogP contribution in [-0.2, 0) is 16.1 Å². The lowest BCUT2D eigenvalue weighted by molar-refractivity contribution is -0.123. The maximum absolute atomic E-state index is 13.2. The number of hydrogen-bond acceptors (Lipinski definition) is 8. The summed E-state index contributed by atoms with van der Waals surface area (Å²) in [6, 6.07) is 10.2. The first-order chi connectivity index (χ1) is 14.5. The lowest BCUT2D eigenvalue weighted by Gasteiger charge is -2.19. The molecule has 0 aliphatic carbocycles. The number of anilines is 1. The molecule has 2 atom stereocenters. The van der Waals surface area contributed by atoms with Crippen LogP contribution in [0.15, 0.2) is 63.4 Å². The van der Waals surface area contributed by atoms with Gasteiger partial charge in [-0.1, -0.05) is 34.1 Å². The van der Waals surface area contributed by atoms with Gasteiger partial charge in [-0.25, -0.2) is 9.29 Å². The molecular formula is C19H12ClFN6O3. The molecule has 3 aromatic rings. The van der Waals surface area contributed by atoms with E-state index in [0.717, 1.165) is 4.90 Å². The van der Waals surface area contributed by atoms with Crippen molar-refractivity contribution in [1.29, 1.82) is 0 Å². The average Bonchev–Trinajstić information content (AvgIpc) is 3.42. The fraction of sp³-hybridized carbons (Fsp3) is 0.158. The highest BCUT2D eigenvalue weighted by molar-refractivity contribution is 6.30. The molecule has 0 saturated carbocycles. The van der Waals surface area contributed by atoms with Crippen LogP contribution in [0.4, 0.5) is 10.1 Å². The summed E-state index contributed by atoms with van der Waals surface area (Å²) in [5, 5.41) is 13.7. The largest absolute Gasteiger partial charge is 0.337 e. The molecule has 0 N–H and O–H groups in total. The Morgan fingerprint density at radius 3 is 2.67 bits per heavy atom. The zero-order valence-electron chi connectivity index (χ0n) is 15.1. The molecule has 0 unspecified atom stereocenters. The van der Waals surface area contributed by atoms with Crippen molar-refractivity contribution in [2.45, 2.75) is 18.6 Å². The highest BCUT2D eigenvalue weighted by Gasteiger charge is 2.55. The number of amides is 2. The molecule has 0 spiro atoms. The summed E-state index contributed by atoms with van der Waals surface area (Å²) >= 11 is 5.99. The van der Waals surface area contributed by atoms with Crippen molar-refractivity contribution in [1.82, 2.24) is 15.1 Å². The van der Waals surface area contributed by atoms with E-state index in [1.807, 2.05) is 0 Å². The normalized spacial score (nSPS) is 20.3. The summed E-state index contributed by atoms with van der Waals surface area (Å²) in [6.07, 6.45) is 0. The van der Waals surface area contributed by atoms with E-state index in [0.29, 0.717) is 16.4 Å². The van der Waals surface area contributed by atoms with Crippen LogP contribution in [0.2, 0.25) is 5.02 Å². The van der Waals surface area contributed by atoms with Gasteiger partial charge < -0.3 is 4.52 Å². The Balaban J connectivity index is 1.36. The Labute approximate surface area is 173 Å². The van der Waals surface area contributed by atoms with E-state index in [9.17, 15) is 14.0 Å². The van der Waals surface area contributed by atoms with Gasteiger partial charge >= 0.3 is 0 Å². The highest BCUT2D eigenvalue weighted by Crippen LogP contribution is 2.33. The predicted octanol–water partition coefficient (Wildman–Crippen LogP) is 3.02. The Kier molecular flexibility index (Phi) is 4.28. The Bertz CT molecular complexity index is 1180. The van der Waals surface area contributed by atoms with Crippen molar-refractivity contribution in [3.63, 3.8) is 0 Å². The molecule has 30 heavy (non-hydrogen) atoms. The minimum Gasteiger partial charge on any atom is -0.337 e. The summed E-state index contributed by atoms with van der Waals surface area (Å²) in [7, 11) is 0. The molecule has 0 bridgehead atoms. The first-order valence-corrected chi connectivity index (χ1v) is 9.28. The van der Waals surface area contributed by atoms with Crippen molar-refractivity contribution in [2.75, 3.05) is 4.90 Å². The molecule has 3 heterocycles. The van der Waals surface area contributed by atoms with E-state index in [1.54, 1.807) is 24.3 Å². The lowest BCUT2D eigenvalue weighted by Crippen LogP contribution is -2.39. The van der Waals surface area contributed by atoms with Gasteiger partial charge in [0.05, 0.1) is 5.69 Å². The average molecular weight is 427 g/mol. The number of halogens is 2. The monoisotopic (exact) mass is 426 g/mol. The van der Waals surface area contributed by atoms with Gasteiger partial charge in [0.25, 0.3) is 11.8 Å². The van der Waals surface area contributed by atoms with Crippen molar-refractivity contribution in [3.05, 3.63) is 65.3 Å². The van der Waals surface area contributed by atoms with Crippen molar-refractivity contribution < 1.29 is 18.5 Å². The summed E-state index contributed by atoms with van der Waals surface area (Å²) < 4.78 is 18.4. The van der Waals surface area contributed by atoms with E-state index in [-0.39, 0.29) is 18.1 Å². The molecule has 9 nitrogen and oxygen atoms in total. The van der Waals surface area contributed by atoms with Gasteiger partial charge in [-0.2, -0.15) is 10.1 Å².